The molecule has 4 nitrogen and oxygen atoms in total. The van der Waals surface area contributed by atoms with E-state index in [1.165, 1.54) is 18.7 Å². The van der Waals surface area contributed by atoms with Crippen LogP contribution < -0.4 is 0 Å². The van der Waals surface area contributed by atoms with Crippen molar-refractivity contribution in [2.75, 3.05) is 6.54 Å². The van der Waals surface area contributed by atoms with Crippen molar-refractivity contribution in [2.45, 2.75) is 32.7 Å². The second kappa shape index (κ2) is 3.68. The molecule has 0 aliphatic carbocycles. The third-order valence-electron chi connectivity index (χ3n) is 2.28. The number of rotatable bonds is 2. The standard InChI is InChI=1S/C9H13NO3/c1-6(11)8-4-3-5-10(8)9(13)7(2)12/h8H,3-5H2,1-2H3/t8-/m0/s1. The van der Waals surface area contributed by atoms with Crippen LogP contribution in [0.15, 0.2) is 0 Å². The molecule has 0 N–H and O–H groups in total. The summed E-state index contributed by atoms with van der Waals surface area (Å²) >= 11 is 0. The van der Waals surface area contributed by atoms with E-state index in [1.807, 2.05) is 0 Å². The number of amides is 1. The predicted molar refractivity (Wildman–Crippen MR) is 46.1 cm³/mol. The van der Waals surface area contributed by atoms with Crippen LogP contribution >= 0.6 is 0 Å². The van der Waals surface area contributed by atoms with E-state index in [1.54, 1.807) is 0 Å². The molecule has 1 heterocycles. The van der Waals surface area contributed by atoms with Gasteiger partial charge in [-0.15, -0.1) is 0 Å². The molecule has 0 aromatic heterocycles. The summed E-state index contributed by atoms with van der Waals surface area (Å²) in [4.78, 5) is 34.5. The first-order chi connectivity index (χ1) is 6.04. The van der Waals surface area contributed by atoms with E-state index in [0.717, 1.165) is 6.42 Å². The van der Waals surface area contributed by atoms with Crippen molar-refractivity contribution in [3.8, 4) is 0 Å². The zero-order chi connectivity index (χ0) is 10.0. The van der Waals surface area contributed by atoms with Crippen molar-refractivity contribution in [1.29, 1.82) is 0 Å². The van der Waals surface area contributed by atoms with Crippen molar-refractivity contribution >= 4 is 17.5 Å². The molecular formula is C9H13NO3. The normalized spacial score (nSPS) is 21.7. The Morgan fingerprint density at radius 2 is 1.85 bits per heavy atom. The lowest BCUT2D eigenvalue weighted by Gasteiger charge is -2.20. The molecule has 1 amide bonds. The topological polar surface area (TPSA) is 54.5 Å². The van der Waals surface area contributed by atoms with Crippen LogP contribution in [0.25, 0.3) is 0 Å². The zero-order valence-electron chi connectivity index (χ0n) is 7.87. The van der Waals surface area contributed by atoms with Gasteiger partial charge in [-0.1, -0.05) is 0 Å². The maximum absolute atomic E-state index is 11.3. The van der Waals surface area contributed by atoms with Crippen molar-refractivity contribution < 1.29 is 14.4 Å². The van der Waals surface area contributed by atoms with Gasteiger partial charge in [0, 0.05) is 13.5 Å². The smallest absolute Gasteiger partial charge is 0.290 e. The van der Waals surface area contributed by atoms with Gasteiger partial charge in [0.1, 0.15) is 0 Å². The number of Topliss-reactive ketones (excluding diaryl/α,β-unsaturated/α-hetero) is 2. The fourth-order valence-corrected chi connectivity index (χ4v) is 1.63. The van der Waals surface area contributed by atoms with Crippen molar-refractivity contribution in [2.24, 2.45) is 0 Å². The van der Waals surface area contributed by atoms with Gasteiger partial charge in [-0.3, -0.25) is 14.4 Å². The summed E-state index contributed by atoms with van der Waals surface area (Å²) in [5.74, 6) is -1.06. The lowest BCUT2D eigenvalue weighted by molar-refractivity contribution is -0.145. The molecule has 0 bridgehead atoms. The monoisotopic (exact) mass is 183 g/mol. The molecule has 1 aliphatic rings. The van der Waals surface area contributed by atoms with Crippen LogP contribution in [-0.2, 0) is 14.4 Å². The van der Waals surface area contributed by atoms with Crippen molar-refractivity contribution in [1.82, 2.24) is 4.90 Å². The molecule has 13 heavy (non-hydrogen) atoms. The Bertz CT molecular complexity index is 260. The highest BCUT2D eigenvalue weighted by molar-refractivity contribution is 6.35. The Balaban J connectivity index is 2.74. The molecule has 1 fully saturated rings. The molecule has 0 aromatic rings. The molecule has 0 saturated carbocycles. The first kappa shape index (κ1) is 9.89. The molecule has 0 aromatic carbocycles. The number of hydrogen-bond donors (Lipinski definition) is 0. The lowest BCUT2D eigenvalue weighted by atomic mass is 10.1. The number of nitrogens with zero attached hydrogens (tertiary/aromatic N) is 1. The molecule has 1 atom stereocenters. The summed E-state index contributed by atoms with van der Waals surface area (Å²) < 4.78 is 0. The van der Waals surface area contributed by atoms with E-state index in [9.17, 15) is 14.4 Å². The van der Waals surface area contributed by atoms with Crippen molar-refractivity contribution in [3.05, 3.63) is 0 Å². The Kier molecular flexibility index (Phi) is 2.80. The van der Waals surface area contributed by atoms with E-state index in [2.05, 4.69) is 0 Å². The van der Waals surface area contributed by atoms with Crippen molar-refractivity contribution in [3.63, 3.8) is 0 Å². The Labute approximate surface area is 76.9 Å². The van der Waals surface area contributed by atoms with Crippen LogP contribution in [-0.4, -0.2) is 35.0 Å². The van der Waals surface area contributed by atoms with Gasteiger partial charge in [-0.05, 0) is 19.8 Å². The summed E-state index contributed by atoms with van der Waals surface area (Å²) in [7, 11) is 0. The van der Waals surface area contributed by atoms with Gasteiger partial charge < -0.3 is 4.90 Å². The highest BCUT2D eigenvalue weighted by atomic mass is 16.2. The van der Waals surface area contributed by atoms with Crippen LogP contribution in [0, 0.1) is 0 Å². The first-order valence-electron chi connectivity index (χ1n) is 4.36. The Hall–Kier alpha value is -1.19. The van der Waals surface area contributed by atoms with Gasteiger partial charge in [0.15, 0.2) is 5.78 Å². The van der Waals surface area contributed by atoms with Gasteiger partial charge in [0.2, 0.25) is 5.78 Å². The molecule has 4 heteroatoms. The highest BCUT2D eigenvalue weighted by Gasteiger charge is 2.33. The van der Waals surface area contributed by atoms with Crippen LogP contribution in [0.2, 0.25) is 0 Å². The summed E-state index contributed by atoms with van der Waals surface area (Å²) in [5, 5.41) is 0. The van der Waals surface area contributed by atoms with Gasteiger partial charge in [-0.25, -0.2) is 0 Å². The van der Waals surface area contributed by atoms with E-state index < -0.39 is 11.7 Å². The number of ketones is 2. The largest absolute Gasteiger partial charge is 0.326 e. The minimum absolute atomic E-state index is 0.0351. The molecule has 1 saturated heterocycles. The zero-order valence-corrected chi connectivity index (χ0v) is 7.87. The van der Waals surface area contributed by atoms with Crippen LogP contribution in [0.5, 0.6) is 0 Å². The molecule has 72 valence electrons. The van der Waals surface area contributed by atoms with Gasteiger partial charge in [-0.2, -0.15) is 0 Å². The van der Waals surface area contributed by atoms with Crippen LogP contribution in [0.3, 0.4) is 0 Å². The maximum atomic E-state index is 11.3. The third-order valence-corrected chi connectivity index (χ3v) is 2.28. The number of carbonyl (C=O) groups is 3. The summed E-state index contributed by atoms with van der Waals surface area (Å²) in [6, 6.07) is -0.364. The van der Waals surface area contributed by atoms with E-state index >= 15 is 0 Å². The van der Waals surface area contributed by atoms with E-state index in [4.69, 9.17) is 0 Å². The van der Waals surface area contributed by atoms with Gasteiger partial charge in [0.25, 0.3) is 5.91 Å². The van der Waals surface area contributed by atoms with Gasteiger partial charge in [0.05, 0.1) is 6.04 Å². The fourth-order valence-electron chi connectivity index (χ4n) is 1.63. The molecule has 0 unspecified atom stereocenters. The minimum Gasteiger partial charge on any atom is -0.326 e. The number of carbonyl (C=O) groups excluding carboxylic acids is 3. The third kappa shape index (κ3) is 1.94. The SMILES string of the molecule is CC(=O)C(=O)N1CCC[C@H]1C(C)=O. The summed E-state index contributed by atoms with van der Waals surface area (Å²) in [5.41, 5.74) is 0. The second-order valence-corrected chi connectivity index (χ2v) is 3.32. The fraction of sp³-hybridized carbons (Fsp3) is 0.667. The molecule has 1 aliphatic heterocycles. The van der Waals surface area contributed by atoms with Crippen LogP contribution in [0.1, 0.15) is 26.7 Å². The maximum Gasteiger partial charge on any atom is 0.290 e. The van der Waals surface area contributed by atoms with E-state index in [-0.39, 0.29) is 11.8 Å². The molecule has 1 rings (SSSR count). The van der Waals surface area contributed by atoms with E-state index in [0.29, 0.717) is 13.0 Å². The number of hydrogen-bond acceptors (Lipinski definition) is 3. The lowest BCUT2D eigenvalue weighted by Crippen LogP contribution is -2.42. The Morgan fingerprint density at radius 1 is 1.23 bits per heavy atom. The Morgan fingerprint density at radius 3 is 2.31 bits per heavy atom. The molecule has 0 radical (unpaired) electrons. The molecular weight excluding hydrogens is 170 g/mol. The molecule has 0 spiro atoms. The minimum atomic E-state index is -0.530. The highest BCUT2D eigenvalue weighted by Crippen LogP contribution is 2.17. The number of likely N-dealkylation sites (tertiary alicyclic amines) is 1. The summed E-state index contributed by atoms with van der Waals surface area (Å²) in [6.45, 7) is 3.22. The average Bonchev–Trinajstić information content (AvgIpc) is 2.50. The predicted octanol–water partition coefficient (Wildman–Crippen LogP) is 0.155. The summed E-state index contributed by atoms with van der Waals surface area (Å²) in [6.07, 6.45) is 1.50. The quantitative estimate of drug-likeness (QED) is 0.573. The second-order valence-electron chi connectivity index (χ2n) is 3.32. The average molecular weight is 183 g/mol. The first-order valence-corrected chi connectivity index (χ1v) is 4.36. The van der Waals surface area contributed by atoms with Gasteiger partial charge >= 0.3 is 0 Å². The van der Waals surface area contributed by atoms with Crippen LogP contribution in [0.4, 0.5) is 0 Å².